The molecule has 0 aliphatic carbocycles. The standard InChI is InChI=1S/C23H15Cl2N5O2/c24-15-7-5-6-14(12-15)13-30-19-11-4-3-10-18(19)26-22(30)20-21(29-32-28-20)27-23(31)16-8-1-2-9-17(16)25/h1-12H,13H2,(H,27,29,31). The van der Waals surface area contributed by atoms with Crippen LogP contribution in [0.15, 0.2) is 77.4 Å². The highest BCUT2D eigenvalue weighted by Gasteiger charge is 2.23. The zero-order valence-corrected chi connectivity index (χ0v) is 18.0. The van der Waals surface area contributed by atoms with Gasteiger partial charge in [-0.15, -0.1) is 0 Å². The summed E-state index contributed by atoms with van der Waals surface area (Å²) < 4.78 is 6.94. The van der Waals surface area contributed by atoms with Gasteiger partial charge in [-0.2, -0.15) is 0 Å². The lowest BCUT2D eigenvalue weighted by atomic mass is 10.2. The molecule has 0 atom stereocenters. The van der Waals surface area contributed by atoms with E-state index in [2.05, 4.69) is 15.6 Å². The second-order valence-electron chi connectivity index (χ2n) is 7.04. The summed E-state index contributed by atoms with van der Waals surface area (Å²) in [6.07, 6.45) is 0. The van der Waals surface area contributed by atoms with Crippen LogP contribution >= 0.6 is 23.2 Å². The molecule has 0 aliphatic rings. The lowest BCUT2D eigenvalue weighted by Gasteiger charge is -2.09. The minimum atomic E-state index is -0.426. The number of imidazole rings is 1. The molecule has 32 heavy (non-hydrogen) atoms. The predicted molar refractivity (Wildman–Crippen MR) is 123 cm³/mol. The van der Waals surface area contributed by atoms with Crippen LogP contribution in [0, 0.1) is 0 Å². The quantitative estimate of drug-likeness (QED) is 0.361. The molecule has 0 fully saturated rings. The van der Waals surface area contributed by atoms with Crippen LogP contribution in [0.3, 0.4) is 0 Å². The maximum Gasteiger partial charge on any atom is 0.258 e. The Balaban J connectivity index is 1.57. The summed E-state index contributed by atoms with van der Waals surface area (Å²) >= 11 is 12.3. The number of para-hydroxylation sites is 2. The van der Waals surface area contributed by atoms with Crippen molar-refractivity contribution >= 4 is 46.0 Å². The average molecular weight is 464 g/mol. The smallest absolute Gasteiger partial charge is 0.258 e. The van der Waals surface area contributed by atoms with E-state index in [1.807, 2.05) is 53.1 Å². The molecule has 0 saturated carbocycles. The first kappa shape index (κ1) is 20.2. The van der Waals surface area contributed by atoms with E-state index in [4.69, 9.17) is 32.8 Å². The number of hydrogen-bond donors (Lipinski definition) is 1. The number of anilines is 1. The van der Waals surface area contributed by atoms with E-state index in [-0.39, 0.29) is 5.82 Å². The number of hydrogen-bond acceptors (Lipinski definition) is 5. The molecule has 5 aromatic rings. The predicted octanol–water partition coefficient (Wildman–Crippen LogP) is 5.69. The first-order valence-corrected chi connectivity index (χ1v) is 10.4. The van der Waals surface area contributed by atoms with Crippen LogP contribution in [0.5, 0.6) is 0 Å². The lowest BCUT2D eigenvalue weighted by molar-refractivity contribution is 0.102. The van der Waals surface area contributed by atoms with Crippen molar-refractivity contribution in [1.82, 2.24) is 19.9 Å². The molecular weight excluding hydrogens is 449 g/mol. The Morgan fingerprint density at radius 2 is 1.78 bits per heavy atom. The molecule has 0 radical (unpaired) electrons. The fraction of sp³-hybridized carbons (Fsp3) is 0.0435. The number of fused-ring (bicyclic) bond motifs is 1. The van der Waals surface area contributed by atoms with E-state index < -0.39 is 5.91 Å². The fourth-order valence-electron chi connectivity index (χ4n) is 3.47. The Bertz CT molecular complexity index is 1440. The summed E-state index contributed by atoms with van der Waals surface area (Å²) in [5.41, 5.74) is 3.28. The second-order valence-corrected chi connectivity index (χ2v) is 7.88. The Morgan fingerprint density at radius 3 is 2.62 bits per heavy atom. The number of nitrogens with one attached hydrogen (secondary N) is 1. The molecular formula is C23H15Cl2N5O2. The van der Waals surface area contributed by atoms with Crippen LogP contribution in [-0.2, 0) is 6.54 Å². The van der Waals surface area contributed by atoms with E-state index in [1.165, 1.54) is 0 Å². The van der Waals surface area contributed by atoms with Crippen LogP contribution in [0.2, 0.25) is 10.0 Å². The number of carbonyl (C=O) groups excluding carboxylic acids is 1. The minimum absolute atomic E-state index is 0.151. The first-order chi connectivity index (χ1) is 15.6. The highest BCUT2D eigenvalue weighted by molar-refractivity contribution is 6.34. The lowest BCUT2D eigenvalue weighted by Crippen LogP contribution is -2.14. The normalized spacial score (nSPS) is 11.1. The Labute approximate surface area is 192 Å². The highest BCUT2D eigenvalue weighted by atomic mass is 35.5. The second kappa shape index (κ2) is 8.45. The van der Waals surface area contributed by atoms with Crippen LogP contribution in [0.4, 0.5) is 5.82 Å². The molecule has 0 unspecified atom stereocenters. The van der Waals surface area contributed by atoms with Crippen molar-refractivity contribution in [2.75, 3.05) is 5.32 Å². The highest BCUT2D eigenvalue weighted by Crippen LogP contribution is 2.30. The zero-order chi connectivity index (χ0) is 22.1. The van der Waals surface area contributed by atoms with E-state index in [9.17, 15) is 4.79 Å². The number of benzene rings is 3. The summed E-state index contributed by atoms with van der Waals surface area (Å²) in [5, 5.41) is 11.6. The van der Waals surface area contributed by atoms with Gasteiger partial charge in [-0.25, -0.2) is 9.61 Å². The molecule has 1 N–H and O–H groups in total. The zero-order valence-electron chi connectivity index (χ0n) is 16.5. The van der Waals surface area contributed by atoms with Crippen molar-refractivity contribution in [2.24, 2.45) is 0 Å². The molecule has 5 rings (SSSR count). The summed E-state index contributed by atoms with van der Waals surface area (Å²) in [6.45, 7) is 0.487. The van der Waals surface area contributed by atoms with Crippen molar-refractivity contribution in [3.05, 3.63) is 94.0 Å². The van der Waals surface area contributed by atoms with Crippen LogP contribution < -0.4 is 5.32 Å². The third-order valence-corrected chi connectivity index (χ3v) is 5.50. The maximum atomic E-state index is 12.8. The summed E-state index contributed by atoms with van der Waals surface area (Å²) in [6, 6.07) is 22.0. The molecule has 2 aromatic heterocycles. The van der Waals surface area contributed by atoms with Gasteiger partial charge >= 0.3 is 0 Å². The molecule has 2 heterocycles. The number of amides is 1. The van der Waals surface area contributed by atoms with Crippen molar-refractivity contribution in [3.63, 3.8) is 0 Å². The van der Waals surface area contributed by atoms with Crippen LogP contribution in [0.1, 0.15) is 15.9 Å². The van der Waals surface area contributed by atoms with Gasteiger partial charge in [-0.05, 0) is 52.3 Å². The molecule has 0 spiro atoms. The number of rotatable bonds is 5. The number of carbonyl (C=O) groups is 1. The summed E-state index contributed by atoms with van der Waals surface area (Å²) in [7, 11) is 0. The maximum absolute atomic E-state index is 12.8. The van der Waals surface area contributed by atoms with E-state index in [0.717, 1.165) is 16.6 Å². The van der Waals surface area contributed by atoms with Gasteiger partial charge in [0, 0.05) is 11.6 Å². The number of halogens is 2. The SMILES string of the molecule is O=C(Nc1nonc1-c1nc2ccccc2n1Cc1cccc(Cl)c1)c1ccccc1Cl. The molecule has 1 amide bonds. The third-order valence-electron chi connectivity index (χ3n) is 4.94. The molecule has 0 saturated heterocycles. The topological polar surface area (TPSA) is 85.8 Å². The average Bonchev–Trinajstić information content (AvgIpc) is 3.38. The van der Waals surface area contributed by atoms with Gasteiger partial charge in [-0.3, -0.25) is 4.79 Å². The van der Waals surface area contributed by atoms with Gasteiger partial charge in [0.05, 0.1) is 21.6 Å². The van der Waals surface area contributed by atoms with E-state index in [1.54, 1.807) is 24.3 Å². The van der Waals surface area contributed by atoms with Crippen molar-refractivity contribution in [2.45, 2.75) is 6.54 Å². The monoisotopic (exact) mass is 463 g/mol. The first-order valence-electron chi connectivity index (χ1n) is 9.68. The van der Waals surface area contributed by atoms with Gasteiger partial charge in [0.15, 0.2) is 11.5 Å². The largest absolute Gasteiger partial charge is 0.318 e. The van der Waals surface area contributed by atoms with Crippen molar-refractivity contribution < 1.29 is 9.42 Å². The molecule has 0 bridgehead atoms. The van der Waals surface area contributed by atoms with Gasteiger partial charge in [0.2, 0.25) is 5.82 Å². The molecule has 3 aromatic carbocycles. The molecule has 7 nitrogen and oxygen atoms in total. The summed E-state index contributed by atoms with van der Waals surface area (Å²) in [4.78, 5) is 17.5. The molecule has 9 heteroatoms. The Morgan fingerprint density at radius 1 is 0.969 bits per heavy atom. The molecule has 158 valence electrons. The third kappa shape index (κ3) is 3.84. The van der Waals surface area contributed by atoms with Gasteiger partial charge in [0.1, 0.15) is 0 Å². The van der Waals surface area contributed by atoms with Crippen molar-refractivity contribution in [3.8, 4) is 11.5 Å². The number of nitrogens with zero attached hydrogens (tertiary/aromatic N) is 4. The van der Waals surface area contributed by atoms with E-state index >= 15 is 0 Å². The van der Waals surface area contributed by atoms with Gasteiger partial charge in [-0.1, -0.05) is 59.6 Å². The van der Waals surface area contributed by atoms with Gasteiger partial charge < -0.3 is 9.88 Å². The van der Waals surface area contributed by atoms with Crippen LogP contribution in [-0.4, -0.2) is 25.8 Å². The van der Waals surface area contributed by atoms with Crippen LogP contribution in [0.25, 0.3) is 22.6 Å². The number of aromatic nitrogens is 4. The van der Waals surface area contributed by atoms with Crippen molar-refractivity contribution in [1.29, 1.82) is 0 Å². The Hall–Kier alpha value is -3.68. The fourth-order valence-corrected chi connectivity index (χ4v) is 3.91. The Kier molecular flexibility index (Phi) is 5.34. The van der Waals surface area contributed by atoms with Gasteiger partial charge in [0.25, 0.3) is 5.91 Å². The summed E-state index contributed by atoms with van der Waals surface area (Å²) in [5.74, 6) is 0.226. The minimum Gasteiger partial charge on any atom is -0.318 e. The van der Waals surface area contributed by atoms with E-state index in [0.29, 0.717) is 33.7 Å². The molecule has 0 aliphatic heterocycles.